The van der Waals surface area contributed by atoms with E-state index in [0.29, 0.717) is 24.6 Å². The molecule has 0 atom stereocenters. The average molecular weight is 389 g/mol. The number of hydrogen-bond acceptors (Lipinski definition) is 6. The second-order valence-corrected chi connectivity index (χ2v) is 7.09. The highest BCUT2D eigenvalue weighted by Gasteiger charge is 2.29. The second kappa shape index (κ2) is 6.71. The van der Waals surface area contributed by atoms with Crippen molar-refractivity contribution >= 4 is 23.2 Å². The van der Waals surface area contributed by atoms with Crippen molar-refractivity contribution in [2.75, 3.05) is 18.4 Å². The summed E-state index contributed by atoms with van der Waals surface area (Å²) in [5, 5.41) is 21.2. The molecule has 0 unspecified atom stereocenters. The Labute approximate surface area is 166 Å². The van der Waals surface area contributed by atoms with Crippen LogP contribution in [0.5, 0.6) is 0 Å². The normalized spacial score (nSPS) is 14.2. The first kappa shape index (κ1) is 17.4. The molecular weight excluding hydrogens is 370 g/mol. The molecule has 1 aliphatic heterocycles. The van der Waals surface area contributed by atoms with Crippen LogP contribution in [0.3, 0.4) is 0 Å². The fourth-order valence-electron chi connectivity index (χ4n) is 3.37. The van der Waals surface area contributed by atoms with Crippen molar-refractivity contribution in [3.8, 4) is 11.1 Å². The van der Waals surface area contributed by atoms with Gasteiger partial charge in [-0.3, -0.25) is 9.48 Å². The summed E-state index contributed by atoms with van der Waals surface area (Å²) in [4.78, 5) is 18.5. The van der Waals surface area contributed by atoms with Crippen LogP contribution in [-0.2, 0) is 7.05 Å². The Hall–Kier alpha value is -3.72. The number of rotatable bonds is 4. The number of nitrogens with one attached hydrogen (secondary N) is 1. The van der Waals surface area contributed by atoms with Gasteiger partial charge in [0.05, 0.1) is 12.3 Å². The number of carbonyl (C=O) groups excluding carboxylic acids is 1. The van der Waals surface area contributed by atoms with Crippen LogP contribution in [0.15, 0.2) is 55.0 Å². The number of benzene rings is 1. The summed E-state index contributed by atoms with van der Waals surface area (Å²) in [6, 6.07) is 11.0. The molecule has 1 aliphatic rings. The lowest BCUT2D eigenvalue weighted by atomic mass is 10.1. The Morgan fingerprint density at radius 3 is 2.69 bits per heavy atom. The summed E-state index contributed by atoms with van der Waals surface area (Å²) in [6.45, 7) is 0.784. The third kappa shape index (κ3) is 3.21. The fourth-order valence-corrected chi connectivity index (χ4v) is 3.37. The SMILES string of the molecule is Cn1cc(-c2cccn3nc(Nc4ccc(C(=O)N5CC(O)C5)cc4)nc23)cn1. The molecule has 2 N–H and O–H groups in total. The minimum Gasteiger partial charge on any atom is -0.389 e. The number of amides is 1. The van der Waals surface area contributed by atoms with E-state index in [-0.39, 0.29) is 5.91 Å². The van der Waals surface area contributed by atoms with Crippen LogP contribution in [0, 0.1) is 0 Å². The zero-order chi connectivity index (χ0) is 20.0. The number of anilines is 2. The van der Waals surface area contributed by atoms with Gasteiger partial charge in [-0.1, -0.05) is 0 Å². The van der Waals surface area contributed by atoms with Gasteiger partial charge in [0.25, 0.3) is 5.91 Å². The number of likely N-dealkylation sites (tertiary alicyclic amines) is 1. The van der Waals surface area contributed by atoms with Crippen LogP contribution < -0.4 is 5.32 Å². The highest BCUT2D eigenvalue weighted by Crippen LogP contribution is 2.24. The molecule has 1 fully saturated rings. The first-order valence-electron chi connectivity index (χ1n) is 9.26. The molecule has 1 saturated heterocycles. The smallest absolute Gasteiger partial charge is 0.254 e. The average Bonchev–Trinajstić information content (AvgIpc) is 3.31. The van der Waals surface area contributed by atoms with E-state index in [1.807, 2.05) is 43.7 Å². The van der Waals surface area contributed by atoms with Gasteiger partial charge in [-0.2, -0.15) is 10.1 Å². The number of aryl methyl sites for hydroxylation is 1. The van der Waals surface area contributed by atoms with Crippen LogP contribution in [0.4, 0.5) is 11.6 Å². The van der Waals surface area contributed by atoms with Crippen LogP contribution >= 0.6 is 0 Å². The van der Waals surface area contributed by atoms with Gasteiger partial charge in [0.1, 0.15) is 0 Å². The van der Waals surface area contributed by atoms with Gasteiger partial charge in [-0.15, -0.1) is 5.10 Å². The van der Waals surface area contributed by atoms with Crippen molar-refractivity contribution in [1.82, 2.24) is 29.3 Å². The number of nitrogens with zero attached hydrogens (tertiary/aromatic N) is 6. The molecule has 0 radical (unpaired) electrons. The molecule has 0 aliphatic carbocycles. The molecule has 3 aromatic heterocycles. The lowest BCUT2D eigenvalue weighted by Crippen LogP contribution is -2.53. The van der Waals surface area contributed by atoms with Crippen molar-refractivity contribution < 1.29 is 9.90 Å². The summed E-state index contributed by atoms with van der Waals surface area (Å²) < 4.78 is 3.47. The Balaban J connectivity index is 1.37. The minimum absolute atomic E-state index is 0.0752. The summed E-state index contributed by atoms with van der Waals surface area (Å²) in [5.74, 6) is 0.389. The number of hydrogen-bond donors (Lipinski definition) is 2. The number of aliphatic hydroxyl groups excluding tert-OH is 1. The van der Waals surface area contributed by atoms with Crippen molar-refractivity contribution in [3.05, 3.63) is 60.6 Å². The molecule has 4 heterocycles. The summed E-state index contributed by atoms with van der Waals surface area (Å²) >= 11 is 0. The summed E-state index contributed by atoms with van der Waals surface area (Å²) in [7, 11) is 1.87. The van der Waals surface area contributed by atoms with Gasteiger partial charge in [0, 0.05) is 54.9 Å². The Kier molecular flexibility index (Phi) is 4.02. The van der Waals surface area contributed by atoms with E-state index < -0.39 is 6.10 Å². The highest BCUT2D eigenvalue weighted by molar-refractivity contribution is 5.95. The van der Waals surface area contributed by atoms with Crippen LogP contribution in [0.25, 0.3) is 16.8 Å². The van der Waals surface area contributed by atoms with Gasteiger partial charge >= 0.3 is 0 Å². The van der Waals surface area contributed by atoms with Gasteiger partial charge in [0.15, 0.2) is 5.65 Å². The van der Waals surface area contributed by atoms with Crippen LogP contribution in [0.2, 0.25) is 0 Å². The van der Waals surface area contributed by atoms with E-state index in [1.165, 1.54) is 0 Å². The standard InChI is InChI=1S/C20H19N7O2/c1-25-10-14(9-21-25)17-3-2-8-27-18(17)23-20(24-27)22-15-6-4-13(5-7-15)19(29)26-11-16(28)12-26/h2-10,16,28H,11-12H2,1H3,(H,22,24). The quantitative estimate of drug-likeness (QED) is 0.551. The third-order valence-electron chi connectivity index (χ3n) is 4.92. The monoisotopic (exact) mass is 389 g/mol. The highest BCUT2D eigenvalue weighted by atomic mass is 16.3. The first-order valence-corrected chi connectivity index (χ1v) is 9.26. The topological polar surface area (TPSA) is 101 Å². The van der Waals surface area contributed by atoms with E-state index in [9.17, 15) is 9.90 Å². The molecule has 1 aromatic carbocycles. The number of aromatic nitrogens is 5. The number of pyridine rings is 1. The molecule has 9 nitrogen and oxygen atoms in total. The summed E-state index contributed by atoms with van der Waals surface area (Å²) in [5.41, 5.74) is 4.01. The number of β-amino-alcohol motifs (C(OH)–C–C–N with tert-alkyl or cyclic N) is 1. The lowest BCUT2D eigenvalue weighted by Gasteiger charge is -2.35. The third-order valence-corrected chi connectivity index (χ3v) is 4.92. The predicted molar refractivity (Wildman–Crippen MR) is 107 cm³/mol. The predicted octanol–water partition coefficient (Wildman–Crippen LogP) is 1.69. The molecule has 146 valence electrons. The molecule has 4 aromatic rings. The molecule has 5 rings (SSSR count). The van der Waals surface area contributed by atoms with Gasteiger partial charge in [-0.05, 0) is 36.4 Å². The molecular formula is C20H19N7O2. The molecule has 0 bridgehead atoms. The van der Waals surface area contributed by atoms with Gasteiger partial charge in [0.2, 0.25) is 5.95 Å². The molecule has 9 heteroatoms. The maximum atomic E-state index is 12.3. The Bertz CT molecular complexity index is 1190. The maximum absolute atomic E-state index is 12.3. The van der Waals surface area contributed by atoms with Gasteiger partial charge in [-0.25, -0.2) is 4.52 Å². The Morgan fingerprint density at radius 1 is 1.21 bits per heavy atom. The van der Waals surface area contributed by atoms with Crippen molar-refractivity contribution in [2.24, 2.45) is 7.05 Å². The van der Waals surface area contributed by atoms with E-state index in [2.05, 4.69) is 20.5 Å². The van der Waals surface area contributed by atoms with Crippen LogP contribution in [-0.4, -0.2) is 59.5 Å². The van der Waals surface area contributed by atoms with Crippen molar-refractivity contribution in [3.63, 3.8) is 0 Å². The largest absolute Gasteiger partial charge is 0.389 e. The lowest BCUT2D eigenvalue weighted by molar-refractivity contribution is 0.00590. The minimum atomic E-state index is -0.405. The first-order chi connectivity index (χ1) is 14.1. The molecule has 29 heavy (non-hydrogen) atoms. The van der Waals surface area contributed by atoms with Crippen molar-refractivity contribution in [1.29, 1.82) is 0 Å². The second-order valence-electron chi connectivity index (χ2n) is 7.09. The summed E-state index contributed by atoms with van der Waals surface area (Å²) in [6.07, 6.45) is 5.17. The fraction of sp³-hybridized carbons (Fsp3) is 0.200. The number of aliphatic hydroxyl groups is 1. The number of fused-ring (bicyclic) bond motifs is 1. The Morgan fingerprint density at radius 2 is 2.00 bits per heavy atom. The molecule has 1 amide bonds. The zero-order valence-electron chi connectivity index (χ0n) is 15.7. The van der Waals surface area contributed by atoms with E-state index in [4.69, 9.17) is 0 Å². The zero-order valence-corrected chi connectivity index (χ0v) is 15.7. The number of carbonyl (C=O) groups is 1. The maximum Gasteiger partial charge on any atom is 0.254 e. The van der Waals surface area contributed by atoms with Crippen molar-refractivity contribution in [2.45, 2.75) is 6.10 Å². The molecule has 0 saturated carbocycles. The van der Waals surface area contributed by atoms with E-state index >= 15 is 0 Å². The van der Waals surface area contributed by atoms with Crippen LogP contribution in [0.1, 0.15) is 10.4 Å². The van der Waals surface area contributed by atoms with E-state index in [1.54, 1.807) is 32.4 Å². The van der Waals surface area contributed by atoms with Gasteiger partial charge < -0.3 is 15.3 Å². The molecule has 0 spiro atoms. The van der Waals surface area contributed by atoms with E-state index in [0.717, 1.165) is 22.5 Å².